The summed E-state index contributed by atoms with van der Waals surface area (Å²) in [7, 11) is 0. The van der Waals surface area contributed by atoms with E-state index in [2.05, 4.69) is 11.8 Å². The van der Waals surface area contributed by atoms with Gasteiger partial charge in [-0.2, -0.15) is 0 Å². The molecule has 0 fully saturated rings. The number of unbranched alkanes of at least 4 members (excludes halogenated alkanes) is 1. The summed E-state index contributed by atoms with van der Waals surface area (Å²) in [6, 6.07) is 0. The fourth-order valence-electron chi connectivity index (χ4n) is 0.770. The van der Waals surface area contributed by atoms with Crippen LogP contribution in [0.1, 0.15) is 33.1 Å². The zero-order chi connectivity index (χ0) is 8.91. The van der Waals surface area contributed by atoms with Gasteiger partial charge in [0.05, 0.1) is 0 Å². The quantitative estimate of drug-likeness (QED) is 0.438. The molecule has 0 aromatic heterocycles. The molecule has 75 valence electrons. The predicted molar refractivity (Wildman–Crippen MR) is 39.1 cm³/mol. The summed E-state index contributed by atoms with van der Waals surface area (Å²) < 4.78 is 0. The molecule has 0 amide bonds. The van der Waals surface area contributed by atoms with Gasteiger partial charge in [0, 0.05) is 38.6 Å². The molecule has 0 aliphatic rings. The largest absolute Gasteiger partial charge is 0.662 e. The molecule has 0 aliphatic heterocycles. The molecule has 0 aromatic rings. The van der Waals surface area contributed by atoms with E-state index in [0.29, 0.717) is 6.42 Å². The third kappa shape index (κ3) is 5.38. The Morgan fingerprint density at radius 2 is 2.17 bits per heavy atom. The predicted octanol–water partition coefficient (Wildman–Crippen LogP) is 0.835. The molecule has 0 spiro atoms. The van der Waals surface area contributed by atoms with Crippen molar-refractivity contribution < 1.29 is 53.6 Å². The van der Waals surface area contributed by atoms with Crippen LogP contribution in [-0.2, 0) is 9.68 Å². The van der Waals surface area contributed by atoms with Gasteiger partial charge in [0.1, 0.15) is 0 Å². The summed E-state index contributed by atoms with van der Waals surface area (Å²) >= 11 is 0. The summed E-state index contributed by atoms with van der Waals surface area (Å²) in [5, 5.41) is 9.75. The number of carbonyl (C=O) groups is 1. The second kappa shape index (κ2) is 7.15. The summed E-state index contributed by atoms with van der Waals surface area (Å²) in [6.07, 6.45) is 2.47. The zero-order valence-electron chi connectivity index (χ0n) is 7.39. The van der Waals surface area contributed by atoms with Gasteiger partial charge in [-0.25, -0.2) is 0 Å². The van der Waals surface area contributed by atoms with Crippen molar-refractivity contribution in [1.82, 2.24) is 0 Å². The average Bonchev–Trinajstić information content (AvgIpc) is 1.99. The molecule has 0 aromatic carbocycles. The van der Waals surface area contributed by atoms with Gasteiger partial charge < -0.3 is 17.1 Å². The summed E-state index contributed by atoms with van der Waals surface area (Å²) in [5.74, 6) is -0.772. The van der Waals surface area contributed by atoms with Gasteiger partial charge in [0.2, 0.25) is 0 Å². The van der Waals surface area contributed by atoms with Crippen molar-refractivity contribution in [2.24, 2.45) is 5.41 Å². The smallest absolute Gasteiger partial charge is 0.275 e. The fourth-order valence-corrected chi connectivity index (χ4v) is 0.770. The molecule has 12 heavy (non-hydrogen) atoms. The third-order valence-corrected chi connectivity index (χ3v) is 1.65. The Balaban J connectivity index is 0. The van der Waals surface area contributed by atoms with Crippen molar-refractivity contribution >= 4 is 5.97 Å². The Morgan fingerprint density at radius 3 is 2.50 bits per heavy atom. The first kappa shape index (κ1) is 15.2. The third-order valence-electron chi connectivity index (χ3n) is 1.65. The van der Waals surface area contributed by atoms with E-state index < -0.39 is 11.4 Å². The van der Waals surface area contributed by atoms with Crippen LogP contribution in [0.5, 0.6) is 0 Å². The normalized spacial score (nSPS) is 14.3. The first-order chi connectivity index (χ1) is 5.04. The van der Waals surface area contributed by atoms with Gasteiger partial charge in [-0.3, -0.25) is 4.79 Å². The second-order valence-corrected chi connectivity index (χ2v) is 3.04. The standard InChI is InChI=1S/C8H15O3.Tb/c1-4-5-6-8(2,3)7(9)11-10;/h10H,2,4-6H2,1,3H3;/q-1;/p-1. The summed E-state index contributed by atoms with van der Waals surface area (Å²) in [4.78, 5) is 14.1. The van der Waals surface area contributed by atoms with E-state index in [0.717, 1.165) is 12.8 Å². The molecule has 0 saturated heterocycles. The van der Waals surface area contributed by atoms with Crippen LogP contribution in [0, 0.1) is 51.0 Å². The minimum absolute atomic E-state index is 0. The molecule has 0 saturated carbocycles. The van der Waals surface area contributed by atoms with Crippen molar-refractivity contribution in [1.29, 1.82) is 0 Å². The van der Waals surface area contributed by atoms with Crippen LogP contribution in [0.3, 0.4) is 0 Å². The van der Waals surface area contributed by atoms with Crippen LogP contribution in [0.2, 0.25) is 0 Å². The first-order valence-electron chi connectivity index (χ1n) is 3.74. The van der Waals surface area contributed by atoms with Gasteiger partial charge in [-0.1, -0.05) is 38.5 Å². The molecule has 1 atom stereocenters. The van der Waals surface area contributed by atoms with E-state index in [4.69, 9.17) is 0 Å². The molecule has 0 N–H and O–H groups in total. The van der Waals surface area contributed by atoms with E-state index >= 15 is 0 Å². The minimum Gasteiger partial charge on any atom is -0.662 e. The van der Waals surface area contributed by atoms with Gasteiger partial charge in [0.15, 0.2) is 0 Å². The van der Waals surface area contributed by atoms with E-state index in [1.165, 1.54) is 0 Å². The molecule has 0 heterocycles. The zero-order valence-corrected chi connectivity index (χ0v) is 9.53. The molecular formula is C8H14O3Tb-2. The van der Waals surface area contributed by atoms with Crippen LogP contribution in [0.4, 0.5) is 0 Å². The van der Waals surface area contributed by atoms with Crippen LogP contribution in [0.25, 0.3) is 0 Å². The molecule has 0 rings (SSSR count). The number of carbonyl (C=O) groups excluding carboxylic acids is 1. The van der Waals surface area contributed by atoms with Crippen molar-refractivity contribution in [3.05, 3.63) is 6.92 Å². The van der Waals surface area contributed by atoms with Crippen LogP contribution >= 0.6 is 0 Å². The van der Waals surface area contributed by atoms with Crippen LogP contribution in [-0.4, -0.2) is 5.97 Å². The van der Waals surface area contributed by atoms with Crippen LogP contribution in [0.15, 0.2) is 0 Å². The Bertz CT molecular complexity index is 134. The molecule has 0 aliphatic carbocycles. The van der Waals surface area contributed by atoms with Crippen molar-refractivity contribution in [3.8, 4) is 0 Å². The average molecular weight is 317 g/mol. The molecular weight excluding hydrogens is 303 g/mol. The summed E-state index contributed by atoms with van der Waals surface area (Å²) in [6.45, 7) is 7.23. The number of hydrogen-bond donors (Lipinski definition) is 0. The molecule has 3 nitrogen and oxygen atoms in total. The monoisotopic (exact) mass is 317 g/mol. The first-order valence-corrected chi connectivity index (χ1v) is 3.74. The maximum atomic E-state index is 10.7. The van der Waals surface area contributed by atoms with E-state index in [1.807, 2.05) is 6.92 Å². The number of rotatable bonds is 4. The summed E-state index contributed by atoms with van der Waals surface area (Å²) in [5.41, 5.74) is -0.863. The Labute approximate surface area is 104 Å². The number of hydrogen-bond acceptors (Lipinski definition) is 3. The maximum absolute atomic E-state index is 10.7. The molecule has 4 heteroatoms. The van der Waals surface area contributed by atoms with E-state index in [1.54, 1.807) is 6.92 Å². The molecule has 1 radical (unpaired) electrons. The Morgan fingerprint density at radius 1 is 1.67 bits per heavy atom. The van der Waals surface area contributed by atoms with Crippen molar-refractivity contribution in [2.75, 3.05) is 0 Å². The Kier molecular flexibility index (Phi) is 9.06. The second-order valence-electron chi connectivity index (χ2n) is 3.04. The van der Waals surface area contributed by atoms with Crippen molar-refractivity contribution in [2.45, 2.75) is 33.1 Å². The minimum atomic E-state index is -0.863. The van der Waals surface area contributed by atoms with E-state index in [-0.39, 0.29) is 38.6 Å². The van der Waals surface area contributed by atoms with Gasteiger partial charge in [-0.05, 0) is 0 Å². The maximum Gasteiger partial charge on any atom is 0.275 e. The molecule has 0 bridgehead atoms. The van der Waals surface area contributed by atoms with Crippen molar-refractivity contribution in [3.63, 3.8) is 0 Å². The fraction of sp³-hybridized carbons (Fsp3) is 0.750. The van der Waals surface area contributed by atoms with Crippen LogP contribution < -0.4 is 5.26 Å². The Hall–Kier alpha value is 0.716. The van der Waals surface area contributed by atoms with E-state index in [9.17, 15) is 10.1 Å². The molecule has 1 unspecified atom stereocenters. The topological polar surface area (TPSA) is 49.4 Å². The van der Waals surface area contributed by atoms with Gasteiger partial charge in [0.25, 0.3) is 5.97 Å². The SMILES string of the molecule is [CH2-]C(C)(CCCC)C(=O)O[O-].[Tb]. The van der Waals surface area contributed by atoms with Gasteiger partial charge in [-0.15, -0.1) is 0 Å². The van der Waals surface area contributed by atoms with Gasteiger partial charge >= 0.3 is 0 Å².